The van der Waals surface area contributed by atoms with Gasteiger partial charge in [-0.1, -0.05) is 18.6 Å². The normalized spacial score (nSPS) is 17.5. The molecule has 2 heterocycles. The maximum atomic E-state index is 12.9. The lowest BCUT2D eigenvalue weighted by Gasteiger charge is -2.42. The van der Waals surface area contributed by atoms with Crippen LogP contribution in [0.4, 0.5) is 15.8 Å². The third-order valence-corrected chi connectivity index (χ3v) is 8.28. The fourth-order valence-corrected chi connectivity index (χ4v) is 6.05. The first-order valence-electron chi connectivity index (χ1n) is 15.5. The molecule has 8 nitrogen and oxygen atoms in total. The number of likely N-dealkylation sites (tertiary alicyclic amines) is 1. The molecule has 3 rings (SSSR count). The number of benzene rings is 1. The van der Waals surface area contributed by atoms with E-state index in [0.29, 0.717) is 31.0 Å². The van der Waals surface area contributed by atoms with E-state index in [2.05, 4.69) is 38.7 Å². The van der Waals surface area contributed by atoms with E-state index < -0.39 is 0 Å². The summed E-state index contributed by atoms with van der Waals surface area (Å²) in [5, 5.41) is 18.7. The summed E-state index contributed by atoms with van der Waals surface area (Å²) in [7, 11) is 0. The molecule has 0 bridgehead atoms. The van der Waals surface area contributed by atoms with E-state index in [4.69, 9.17) is 0 Å². The Labute approximate surface area is 262 Å². The maximum absolute atomic E-state index is 12.9. The van der Waals surface area contributed by atoms with E-state index in [1.165, 1.54) is 19.1 Å². The van der Waals surface area contributed by atoms with Crippen LogP contribution in [0.3, 0.4) is 0 Å². The molecule has 0 radical (unpaired) electrons. The lowest BCUT2D eigenvalue weighted by atomic mass is 9.97. The van der Waals surface area contributed by atoms with Crippen molar-refractivity contribution in [3.8, 4) is 6.07 Å². The molecule has 236 valence electrons. The first kappa shape index (κ1) is 34.3. The Kier molecular flexibility index (Phi) is 13.4. The summed E-state index contributed by atoms with van der Waals surface area (Å²) in [5.41, 5.74) is 5.85. The van der Waals surface area contributed by atoms with Gasteiger partial charge in [0.2, 0.25) is 5.91 Å². The highest BCUT2D eigenvalue weighted by molar-refractivity contribution is 5.98. The SMILES string of the molecule is CCC(CCNC(=O)C1=C(C)NCC=C1C)N1CCC(N(C/C(C)=C/C(C#N)=C\C=C\F)c2ccc(NC(C)=O)cc2)CC1. The molecule has 1 fully saturated rings. The third-order valence-electron chi connectivity index (χ3n) is 8.28. The zero-order valence-electron chi connectivity index (χ0n) is 26.8. The van der Waals surface area contributed by atoms with Gasteiger partial charge in [-0.3, -0.25) is 9.59 Å². The molecule has 1 atom stereocenters. The lowest BCUT2D eigenvalue weighted by molar-refractivity contribution is -0.117. The van der Waals surface area contributed by atoms with Crippen molar-refractivity contribution in [3.05, 3.63) is 82.9 Å². The molecule has 2 amide bonds. The maximum Gasteiger partial charge on any atom is 0.253 e. The van der Waals surface area contributed by atoms with Gasteiger partial charge in [-0.25, -0.2) is 4.39 Å². The number of piperidine rings is 1. The molecule has 2 aliphatic rings. The van der Waals surface area contributed by atoms with Crippen LogP contribution in [0.1, 0.15) is 60.3 Å². The second-order valence-corrected chi connectivity index (χ2v) is 11.5. The van der Waals surface area contributed by atoms with Crippen molar-refractivity contribution < 1.29 is 14.0 Å². The van der Waals surface area contributed by atoms with E-state index in [1.54, 1.807) is 6.08 Å². The number of hydrogen-bond donors (Lipinski definition) is 3. The van der Waals surface area contributed by atoms with Gasteiger partial charge in [-0.05, 0) is 94.5 Å². The number of nitrogens with one attached hydrogen (secondary N) is 3. The number of nitriles is 1. The Morgan fingerprint density at radius 3 is 2.50 bits per heavy atom. The topological polar surface area (TPSA) is 100 Å². The molecule has 0 aliphatic carbocycles. The molecule has 3 N–H and O–H groups in total. The number of nitrogens with zero attached hydrogens (tertiary/aromatic N) is 3. The summed E-state index contributed by atoms with van der Waals surface area (Å²) in [6.07, 6.45) is 10.8. The van der Waals surface area contributed by atoms with Crippen molar-refractivity contribution in [2.45, 2.75) is 72.4 Å². The molecule has 1 unspecified atom stereocenters. The minimum Gasteiger partial charge on any atom is -0.384 e. The molecule has 1 saturated heterocycles. The van der Waals surface area contributed by atoms with Gasteiger partial charge >= 0.3 is 0 Å². The minimum atomic E-state index is -0.117. The van der Waals surface area contributed by atoms with Crippen LogP contribution in [-0.2, 0) is 9.59 Å². The quantitative estimate of drug-likeness (QED) is 0.192. The predicted molar refractivity (Wildman–Crippen MR) is 177 cm³/mol. The molecule has 0 saturated carbocycles. The molecule has 9 heteroatoms. The van der Waals surface area contributed by atoms with Crippen molar-refractivity contribution in [2.75, 3.05) is 42.9 Å². The number of amides is 2. The zero-order valence-corrected chi connectivity index (χ0v) is 26.8. The van der Waals surface area contributed by atoms with Crippen LogP contribution in [0.5, 0.6) is 0 Å². The van der Waals surface area contributed by atoms with E-state index in [-0.39, 0.29) is 17.9 Å². The number of rotatable bonds is 13. The van der Waals surface area contributed by atoms with Crippen LogP contribution in [0.25, 0.3) is 0 Å². The molecular weight excluding hydrogens is 555 g/mol. The summed E-state index contributed by atoms with van der Waals surface area (Å²) in [6, 6.07) is 10.6. The van der Waals surface area contributed by atoms with Crippen molar-refractivity contribution in [1.82, 2.24) is 15.5 Å². The molecule has 2 aliphatic heterocycles. The van der Waals surface area contributed by atoms with Gasteiger partial charge in [0.25, 0.3) is 5.91 Å². The Hall–Kier alpha value is -4.16. The highest BCUT2D eigenvalue weighted by atomic mass is 19.1. The summed E-state index contributed by atoms with van der Waals surface area (Å²) in [4.78, 5) is 29.3. The number of dihydropyridines is 1. The number of carbonyl (C=O) groups excluding carboxylic acids is 2. The second-order valence-electron chi connectivity index (χ2n) is 11.5. The number of anilines is 2. The van der Waals surface area contributed by atoms with Crippen molar-refractivity contribution in [3.63, 3.8) is 0 Å². The lowest BCUT2D eigenvalue weighted by Crippen LogP contribution is -2.49. The summed E-state index contributed by atoms with van der Waals surface area (Å²) < 4.78 is 12.5. The number of hydrogen-bond acceptors (Lipinski definition) is 6. The highest BCUT2D eigenvalue weighted by Gasteiger charge is 2.28. The number of allylic oxidation sites excluding steroid dienone is 5. The van der Waals surface area contributed by atoms with Gasteiger partial charge in [0.15, 0.2) is 0 Å². The molecule has 0 aromatic heterocycles. The number of halogens is 1. The monoisotopic (exact) mass is 602 g/mol. The first-order chi connectivity index (χ1) is 21.2. The summed E-state index contributed by atoms with van der Waals surface area (Å²) in [6.45, 7) is 13.5. The summed E-state index contributed by atoms with van der Waals surface area (Å²) in [5.74, 6) is -0.134. The molecule has 44 heavy (non-hydrogen) atoms. The Bertz CT molecular complexity index is 1340. The van der Waals surface area contributed by atoms with Gasteiger partial charge in [0, 0.05) is 68.8 Å². The van der Waals surface area contributed by atoms with E-state index in [0.717, 1.165) is 79.1 Å². The van der Waals surface area contributed by atoms with Crippen molar-refractivity contribution in [1.29, 1.82) is 5.26 Å². The number of carbonyl (C=O) groups is 2. The van der Waals surface area contributed by atoms with Crippen molar-refractivity contribution >= 4 is 23.2 Å². The molecule has 0 spiro atoms. The Balaban J connectivity index is 1.67. The van der Waals surface area contributed by atoms with Crippen LogP contribution in [0, 0.1) is 11.3 Å². The molecule has 1 aromatic rings. The van der Waals surface area contributed by atoms with Crippen molar-refractivity contribution in [2.24, 2.45) is 0 Å². The van der Waals surface area contributed by atoms with Crippen LogP contribution < -0.4 is 20.9 Å². The fraction of sp³-hybridized carbons (Fsp3) is 0.457. The average Bonchev–Trinajstić information content (AvgIpc) is 3.00. The second kappa shape index (κ2) is 17.2. The van der Waals surface area contributed by atoms with Gasteiger partial charge in [0.05, 0.1) is 23.5 Å². The van der Waals surface area contributed by atoms with Crippen LogP contribution >= 0.6 is 0 Å². The standard InChI is InChI=1S/C35H47FN6O2/c1-6-31(14-19-39-35(44)34-26(3)13-18-38-27(34)4)41-20-15-33(16-21-41)42(24-25(2)22-29(23-37)8-7-17-36)32-11-9-30(10-12-32)40-28(5)43/h7-13,17,22,31,33,38H,6,14-16,18-21,24H2,1-5H3,(H,39,44)(H,40,43)/b17-7+,25-22+,29-8+. The average molecular weight is 603 g/mol. The largest absolute Gasteiger partial charge is 0.384 e. The van der Waals surface area contributed by atoms with E-state index in [1.807, 2.05) is 51.1 Å². The Morgan fingerprint density at radius 2 is 1.91 bits per heavy atom. The smallest absolute Gasteiger partial charge is 0.253 e. The summed E-state index contributed by atoms with van der Waals surface area (Å²) >= 11 is 0. The minimum absolute atomic E-state index is 0.0179. The van der Waals surface area contributed by atoms with Gasteiger partial charge in [0.1, 0.15) is 0 Å². The van der Waals surface area contributed by atoms with E-state index in [9.17, 15) is 19.2 Å². The van der Waals surface area contributed by atoms with Gasteiger partial charge in [-0.15, -0.1) is 0 Å². The van der Waals surface area contributed by atoms with Crippen LogP contribution in [0.2, 0.25) is 0 Å². The predicted octanol–water partition coefficient (Wildman–Crippen LogP) is 5.90. The van der Waals surface area contributed by atoms with Crippen LogP contribution in [0.15, 0.2) is 82.9 Å². The van der Waals surface area contributed by atoms with Gasteiger partial charge in [-0.2, -0.15) is 5.26 Å². The fourth-order valence-electron chi connectivity index (χ4n) is 6.05. The third kappa shape index (κ3) is 9.95. The zero-order chi connectivity index (χ0) is 32.1. The van der Waals surface area contributed by atoms with Gasteiger partial charge < -0.3 is 25.8 Å². The highest BCUT2D eigenvalue weighted by Crippen LogP contribution is 2.28. The molecular formula is C35H47FN6O2. The Morgan fingerprint density at radius 1 is 1.20 bits per heavy atom. The van der Waals surface area contributed by atoms with Crippen LogP contribution in [-0.4, -0.2) is 61.5 Å². The molecule has 1 aromatic carbocycles. The van der Waals surface area contributed by atoms with E-state index >= 15 is 0 Å². The first-order valence-corrected chi connectivity index (χ1v) is 15.5.